The van der Waals surface area contributed by atoms with Crippen molar-refractivity contribution >= 4 is 34.3 Å². The molecule has 1 amide bonds. The quantitative estimate of drug-likeness (QED) is 0.274. The average molecular weight is 595 g/mol. The summed E-state index contributed by atoms with van der Waals surface area (Å²) in [5, 5.41) is 6.21. The lowest BCUT2D eigenvalue weighted by Crippen LogP contribution is -2.44. The molecule has 0 spiro atoms. The number of nitrogens with one attached hydrogen (secondary N) is 2. The number of aryl methyl sites for hydroxylation is 1. The van der Waals surface area contributed by atoms with Crippen molar-refractivity contribution in [1.82, 2.24) is 29.4 Å². The molecular weight excluding hydrogens is 561 g/mol. The van der Waals surface area contributed by atoms with E-state index in [4.69, 9.17) is 4.74 Å². The van der Waals surface area contributed by atoms with Crippen LogP contribution in [0.25, 0.3) is 22.4 Å². The third-order valence-corrected chi connectivity index (χ3v) is 8.00. The summed E-state index contributed by atoms with van der Waals surface area (Å²) in [5.74, 6) is -1.22. The van der Waals surface area contributed by atoms with E-state index in [1.165, 1.54) is 6.33 Å². The molecule has 2 aliphatic heterocycles. The number of hydrogen-bond donors (Lipinski definition) is 2. The standard InChI is InChI=1S/C30H33F3N8O2/c1-19-9-10-21(38-24(42)16-40-12-5-6-20(15-40)30(31,32)33)14-23(19)39-28-22(7-4-11-34-28)26-27-29(36-17-35-26)41(18-37-27)25-8-2-3-13-43-25/h4,7,9-11,14,17-18,20,25H,2-3,5-6,8,12-13,15-16H2,1H3,(H,34,39)(H,38,42)/t20-,25?/m1/s1. The van der Waals surface area contributed by atoms with Gasteiger partial charge in [0.25, 0.3) is 0 Å². The first-order chi connectivity index (χ1) is 20.8. The summed E-state index contributed by atoms with van der Waals surface area (Å²) in [6.07, 6.45) is 4.08. The molecule has 2 N–H and O–H groups in total. The molecule has 1 unspecified atom stereocenters. The number of carbonyl (C=O) groups is 1. The Morgan fingerprint density at radius 3 is 2.79 bits per heavy atom. The maximum Gasteiger partial charge on any atom is 0.393 e. The number of halogens is 3. The number of ether oxygens (including phenoxy) is 1. The fourth-order valence-electron chi connectivity index (χ4n) is 5.73. The van der Waals surface area contributed by atoms with Crippen molar-refractivity contribution in [3.63, 3.8) is 0 Å². The second-order valence-corrected chi connectivity index (χ2v) is 11.1. The van der Waals surface area contributed by atoms with Crippen molar-refractivity contribution in [2.24, 2.45) is 5.92 Å². The average Bonchev–Trinajstić information content (AvgIpc) is 3.44. The number of anilines is 3. The lowest BCUT2D eigenvalue weighted by molar-refractivity contribution is -0.186. The highest BCUT2D eigenvalue weighted by Crippen LogP contribution is 2.35. The number of benzene rings is 1. The molecule has 3 aromatic heterocycles. The van der Waals surface area contributed by atoms with Gasteiger partial charge < -0.3 is 15.4 Å². The zero-order valence-electron chi connectivity index (χ0n) is 23.8. The predicted octanol–water partition coefficient (Wildman–Crippen LogP) is 5.85. The number of imidazole rings is 1. The first-order valence-electron chi connectivity index (χ1n) is 14.5. The molecule has 226 valence electrons. The highest BCUT2D eigenvalue weighted by atomic mass is 19.4. The lowest BCUT2D eigenvalue weighted by Gasteiger charge is -2.33. The fourth-order valence-corrected chi connectivity index (χ4v) is 5.73. The van der Waals surface area contributed by atoms with E-state index in [0.29, 0.717) is 53.6 Å². The third-order valence-electron chi connectivity index (χ3n) is 8.00. The van der Waals surface area contributed by atoms with Crippen LogP contribution in [0.1, 0.15) is 43.9 Å². The van der Waals surface area contributed by atoms with Gasteiger partial charge in [-0.15, -0.1) is 0 Å². The molecule has 5 heterocycles. The Labute approximate surface area is 246 Å². The summed E-state index contributed by atoms with van der Waals surface area (Å²) in [7, 11) is 0. The minimum Gasteiger partial charge on any atom is -0.358 e. The Bertz CT molecular complexity index is 1600. The van der Waals surface area contributed by atoms with Gasteiger partial charge in [-0.3, -0.25) is 14.3 Å². The predicted molar refractivity (Wildman–Crippen MR) is 156 cm³/mol. The molecule has 2 aliphatic rings. The van der Waals surface area contributed by atoms with Crippen LogP contribution in [0.5, 0.6) is 0 Å². The van der Waals surface area contributed by atoms with Gasteiger partial charge in [0.15, 0.2) is 5.65 Å². The highest BCUT2D eigenvalue weighted by molar-refractivity contribution is 5.94. The molecule has 2 saturated heterocycles. The van der Waals surface area contributed by atoms with E-state index in [1.807, 2.05) is 29.7 Å². The number of aromatic nitrogens is 5. The Morgan fingerprint density at radius 1 is 1.09 bits per heavy atom. The van der Waals surface area contributed by atoms with Gasteiger partial charge in [-0.25, -0.2) is 19.9 Å². The topological polar surface area (TPSA) is 110 Å². The van der Waals surface area contributed by atoms with Crippen molar-refractivity contribution in [2.45, 2.75) is 51.4 Å². The second kappa shape index (κ2) is 12.3. The zero-order chi connectivity index (χ0) is 30.0. The van der Waals surface area contributed by atoms with Crippen LogP contribution in [0, 0.1) is 12.8 Å². The van der Waals surface area contributed by atoms with Crippen molar-refractivity contribution in [3.05, 3.63) is 54.7 Å². The monoisotopic (exact) mass is 594 g/mol. The van der Waals surface area contributed by atoms with Crippen LogP contribution in [0.3, 0.4) is 0 Å². The number of pyridine rings is 1. The fraction of sp³-hybridized carbons (Fsp3) is 0.433. The van der Waals surface area contributed by atoms with Crippen LogP contribution < -0.4 is 10.6 Å². The van der Waals surface area contributed by atoms with Crippen molar-refractivity contribution in [3.8, 4) is 11.3 Å². The number of nitrogens with zero attached hydrogens (tertiary/aromatic N) is 6. The van der Waals surface area contributed by atoms with Crippen molar-refractivity contribution in [1.29, 1.82) is 0 Å². The van der Waals surface area contributed by atoms with Crippen LogP contribution in [0.2, 0.25) is 0 Å². The third kappa shape index (κ3) is 6.47. The van der Waals surface area contributed by atoms with E-state index in [9.17, 15) is 18.0 Å². The van der Waals surface area contributed by atoms with Crippen LogP contribution in [-0.2, 0) is 9.53 Å². The molecule has 43 heavy (non-hydrogen) atoms. The minimum absolute atomic E-state index is 0.0987. The van der Waals surface area contributed by atoms with Gasteiger partial charge in [-0.2, -0.15) is 13.2 Å². The van der Waals surface area contributed by atoms with Gasteiger partial charge in [0.2, 0.25) is 5.91 Å². The van der Waals surface area contributed by atoms with E-state index in [1.54, 1.807) is 29.6 Å². The summed E-state index contributed by atoms with van der Waals surface area (Å²) in [6.45, 7) is 2.83. The molecule has 13 heteroatoms. The molecule has 1 aromatic carbocycles. The highest BCUT2D eigenvalue weighted by Gasteiger charge is 2.42. The number of amides is 1. The van der Waals surface area contributed by atoms with Gasteiger partial charge in [0, 0.05) is 36.3 Å². The van der Waals surface area contributed by atoms with Crippen molar-refractivity contribution in [2.75, 3.05) is 36.9 Å². The molecule has 2 atom stereocenters. The molecule has 0 aliphatic carbocycles. The van der Waals surface area contributed by atoms with Gasteiger partial charge in [0.05, 0.1) is 18.8 Å². The molecule has 0 bridgehead atoms. The van der Waals surface area contributed by atoms with Crippen molar-refractivity contribution < 1.29 is 22.7 Å². The Balaban J connectivity index is 1.20. The van der Waals surface area contributed by atoms with Gasteiger partial charge in [-0.1, -0.05) is 6.07 Å². The van der Waals surface area contributed by atoms with Gasteiger partial charge in [-0.05, 0) is 75.4 Å². The van der Waals surface area contributed by atoms with Crippen LogP contribution in [-0.4, -0.2) is 67.7 Å². The molecule has 0 saturated carbocycles. The maximum absolute atomic E-state index is 13.2. The molecule has 2 fully saturated rings. The molecule has 6 rings (SSSR count). The molecule has 10 nitrogen and oxygen atoms in total. The summed E-state index contributed by atoms with van der Waals surface area (Å²) in [5.41, 5.74) is 4.80. The Morgan fingerprint density at radius 2 is 1.98 bits per heavy atom. The van der Waals surface area contributed by atoms with E-state index in [0.717, 1.165) is 30.4 Å². The van der Waals surface area contributed by atoms with E-state index >= 15 is 0 Å². The Kier molecular flexibility index (Phi) is 8.26. The second-order valence-electron chi connectivity index (χ2n) is 11.1. The van der Waals surface area contributed by atoms with Crippen LogP contribution in [0.4, 0.5) is 30.4 Å². The van der Waals surface area contributed by atoms with Crippen LogP contribution in [0.15, 0.2) is 49.2 Å². The number of carbonyl (C=O) groups excluding carboxylic acids is 1. The number of fused-ring (bicyclic) bond motifs is 1. The SMILES string of the molecule is Cc1ccc(NC(=O)CN2CCC[C@@H](C(F)(F)F)C2)cc1Nc1ncccc1-c1ncnc2c1ncn2C1CCCCO1. The number of alkyl halides is 3. The minimum atomic E-state index is -4.25. The Hall–Kier alpha value is -4.10. The molecular formula is C30H33F3N8O2. The number of piperidine rings is 1. The van der Waals surface area contributed by atoms with E-state index < -0.39 is 12.1 Å². The van der Waals surface area contributed by atoms with E-state index in [-0.39, 0.29) is 31.6 Å². The summed E-state index contributed by atoms with van der Waals surface area (Å²) >= 11 is 0. The molecule has 0 radical (unpaired) electrons. The smallest absolute Gasteiger partial charge is 0.358 e. The molecule has 4 aromatic rings. The normalized spacial score (nSPS) is 19.8. The maximum atomic E-state index is 13.2. The summed E-state index contributed by atoms with van der Waals surface area (Å²) in [4.78, 5) is 32.6. The largest absolute Gasteiger partial charge is 0.393 e. The first-order valence-corrected chi connectivity index (χ1v) is 14.5. The van der Waals surface area contributed by atoms with Gasteiger partial charge in [0.1, 0.15) is 29.6 Å². The number of rotatable bonds is 7. The summed E-state index contributed by atoms with van der Waals surface area (Å²) < 4.78 is 47.5. The van der Waals surface area contributed by atoms with E-state index in [2.05, 4.69) is 30.6 Å². The van der Waals surface area contributed by atoms with Crippen LogP contribution >= 0.6 is 0 Å². The number of likely N-dealkylation sites (tertiary alicyclic amines) is 1. The van der Waals surface area contributed by atoms with Gasteiger partial charge >= 0.3 is 6.18 Å². The zero-order valence-corrected chi connectivity index (χ0v) is 23.8. The number of hydrogen-bond acceptors (Lipinski definition) is 8. The lowest BCUT2D eigenvalue weighted by atomic mass is 9.97. The summed E-state index contributed by atoms with van der Waals surface area (Å²) in [6, 6.07) is 9.13. The first kappa shape index (κ1) is 29.0.